The fourth-order valence-electron chi connectivity index (χ4n) is 3.42. The highest BCUT2D eigenvalue weighted by atomic mass is 19.1. The molecule has 140 valence electrons. The number of piperidine rings is 1. The number of nitrogens with one attached hydrogen (secondary N) is 2. The Labute approximate surface area is 151 Å². The summed E-state index contributed by atoms with van der Waals surface area (Å²) in [7, 11) is 0. The lowest BCUT2D eigenvalue weighted by Gasteiger charge is -2.31. The van der Waals surface area contributed by atoms with Gasteiger partial charge in [0.05, 0.1) is 6.54 Å². The molecule has 5 heteroatoms. The maximum Gasteiger partial charge on any atom is 0.317 e. The molecule has 0 bridgehead atoms. The largest absolute Gasteiger partial charge is 0.335 e. The number of rotatable bonds is 8. The van der Waals surface area contributed by atoms with E-state index in [4.69, 9.17) is 0 Å². The predicted octanol–water partition coefficient (Wildman–Crippen LogP) is 3.92. The van der Waals surface area contributed by atoms with E-state index in [-0.39, 0.29) is 17.9 Å². The number of hydrogen-bond donors (Lipinski definition) is 2. The number of halogens is 1. The zero-order valence-electron chi connectivity index (χ0n) is 15.6. The Morgan fingerprint density at radius 3 is 2.68 bits per heavy atom. The van der Waals surface area contributed by atoms with Crippen LogP contribution in [0.25, 0.3) is 0 Å². The summed E-state index contributed by atoms with van der Waals surface area (Å²) in [6, 6.07) is 6.86. The van der Waals surface area contributed by atoms with E-state index in [1.807, 2.05) is 6.07 Å². The first kappa shape index (κ1) is 19.7. The van der Waals surface area contributed by atoms with Crippen LogP contribution in [0.15, 0.2) is 24.3 Å². The molecule has 1 aromatic rings. The summed E-state index contributed by atoms with van der Waals surface area (Å²) in [5, 5.41) is 6.50. The van der Waals surface area contributed by atoms with Crippen molar-refractivity contribution in [1.29, 1.82) is 0 Å². The summed E-state index contributed by atoms with van der Waals surface area (Å²) in [6.45, 7) is 7.21. The van der Waals surface area contributed by atoms with E-state index in [0.29, 0.717) is 24.6 Å². The first-order chi connectivity index (χ1) is 12.1. The molecule has 0 aromatic heterocycles. The first-order valence-corrected chi connectivity index (χ1v) is 9.63. The van der Waals surface area contributed by atoms with Crippen molar-refractivity contribution >= 4 is 6.03 Å². The van der Waals surface area contributed by atoms with Gasteiger partial charge in [-0.15, -0.1) is 0 Å². The van der Waals surface area contributed by atoms with Crippen LogP contribution in [0.1, 0.15) is 51.5 Å². The van der Waals surface area contributed by atoms with Crippen LogP contribution in [0.3, 0.4) is 0 Å². The Hall–Kier alpha value is -1.62. The van der Waals surface area contributed by atoms with Crippen molar-refractivity contribution in [2.75, 3.05) is 19.6 Å². The van der Waals surface area contributed by atoms with Gasteiger partial charge in [0, 0.05) is 18.2 Å². The van der Waals surface area contributed by atoms with Gasteiger partial charge in [0.15, 0.2) is 0 Å². The molecule has 1 aliphatic rings. The highest BCUT2D eigenvalue weighted by molar-refractivity contribution is 5.74. The SMILES string of the molecule is CCCC(CC)NC(=O)N(Cc1ccccc1F)CC1CCNCC1. The second kappa shape index (κ2) is 10.4. The van der Waals surface area contributed by atoms with Crippen LogP contribution in [0.5, 0.6) is 0 Å². The zero-order chi connectivity index (χ0) is 18.1. The van der Waals surface area contributed by atoms with Crippen molar-refractivity contribution in [3.63, 3.8) is 0 Å². The third kappa shape index (κ3) is 6.31. The summed E-state index contributed by atoms with van der Waals surface area (Å²) in [6.07, 6.45) is 5.06. The maximum absolute atomic E-state index is 14.1. The summed E-state index contributed by atoms with van der Waals surface area (Å²) in [5.41, 5.74) is 0.579. The summed E-state index contributed by atoms with van der Waals surface area (Å²) < 4.78 is 14.1. The van der Waals surface area contributed by atoms with Gasteiger partial charge in [0.25, 0.3) is 0 Å². The lowest BCUT2D eigenvalue weighted by atomic mass is 9.97. The van der Waals surface area contributed by atoms with Gasteiger partial charge >= 0.3 is 6.03 Å². The molecule has 1 atom stereocenters. The number of carbonyl (C=O) groups excluding carboxylic acids is 1. The number of hydrogen-bond acceptors (Lipinski definition) is 2. The van der Waals surface area contributed by atoms with E-state index in [1.54, 1.807) is 17.0 Å². The first-order valence-electron chi connectivity index (χ1n) is 9.63. The smallest absolute Gasteiger partial charge is 0.317 e. The highest BCUT2D eigenvalue weighted by Crippen LogP contribution is 2.17. The summed E-state index contributed by atoms with van der Waals surface area (Å²) >= 11 is 0. The molecule has 2 rings (SSSR count). The molecule has 0 radical (unpaired) electrons. The average molecular weight is 349 g/mol. The topological polar surface area (TPSA) is 44.4 Å². The van der Waals surface area contributed by atoms with Crippen molar-refractivity contribution in [3.05, 3.63) is 35.6 Å². The van der Waals surface area contributed by atoms with Gasteiger partial charge in [-0.2, -0.15) is 0 Å². The molecule has 0 spiro atoms. The molecule has 2 N–H and O–H groups in total. The van der Waals surface area contributed by atoms with Gasteiger partial charge in [-0.3, -0.25) is 0 Å². The second-order valence-corrected chi connectivity index (χ2v) is 7.01. The Kier molecular flexibility index (Phi) is 8.19. The zero-order valence-corrected chi connectivity index (χ0v) is 15.6. The van der Waals surface area contributed by atoms with Crippen molar-refractivity contribution in [2.24, 2.45) is 5.92 Å². The fourth-order valence-corrected chi connectivity index (χ4v) is 3.42. The van der Waals surface area contributed by atoms with Crippen LogP contribution < -0.4 is 10.6 Å². The van der Waals surface area contributed by atoms with Gasteiger partial charge in [-0.25, -0.2) is 9.18 Å². The molecule has 1 fully saturated rings. The normalized spacial score (nSPS) is 16.4. The number of nitrogens with zero attached hydrogens (tertiary/aromatic N) is 1. The minimum absolute atomic E-state index is 0.0675. The van der Waals surface area contributed by atoms with Crippen LogP contribution in [0.4, 0.5) is 9.18 Å². The molecule has 4 nitrogen and oxygen atoms in total. The van der Waals surface area contributed by atoms with Crippen LogP contribution in [0.2, 0.25) is 0 Å². The molecule has 1 aromatic carbocycles. The quantitative estimate of drug-likeness (QED) is 0.747. The monoisotopic (exact) mass is 349 g/mol. The van der Waals surface area contributed by atoms with Gasteiger partial charge in [0.2, 0.25) is 0 Å². The van der Waals surface area contributed by atoms with E-state index in [2.05, 4.69) is 24.5 Å². The third-order valence-electron chi connectivity index (χ3n) is 5.00. The molecule has 0 aliphatic carbocycles. The number of amides is 2. The standard InChI is InChI=1S/C20H32FN3O/c1-3-7-18(4-2)23-20(25)24(14-16-10-12-22-13-11-16)15-17-8-5-6-9-19(17)21/h5-6,8-9,16,18,22H,3-4,7,10-15H2,1-2H3,(H,23,25). The Morgan fingerprint density at radius 1 is 1.32 bits per heavy atom. The molecule has 1 saturated heterocycles. The van der Waals surface area contributed by atoms with Gasteiger partial charge in [0.1, 0.15) is 5.82 Å². The molecule has 25 heavy (non-hydrogen) atoms. The molecular weight excluding hydrogens is 317 g/mol. The summed E-state index contributed by atoms with van der Waals surface area (Å²) in [4.78, 5) is 14.7. The second-order valence-electron chi connectivity index (χ2n) is 7.01. The number of carbonyl (C=O) groups is 1. The van der Waals surface area contributed by atoms with E-state index in [1.165, 1.54) is 6.07 Å². The van der Waals surface area contributed by atoms with Crippen molar-refractivity contribution < 1.29 is 9.18 Å². The Bertz CT molecular complexity index is 531. The van der Waals surface area contributed by atoms with Crippen LogP contribution in [-0.2, 0) is 6.54 Å². The molecule has 1 heterocycles. The predicted molar refractivity (Wildman–Crippen MR) is 99.9 cm³/mol. The van der Waals surface area contributed by atoms with E-state index in [9.17, 15) is 9.18 Å². The molecule has 1 unspecified atom stereocenters. The van der Waals surface area contributed by atoms with Gasteiger partial charge < -0.3 is 15.5 Å². The van der Waals surface area contributed by atoms with Gasteiger partial charge in [-0.1, -0.05) is 38.5 Å². The van der Waals surface area contributed by atoms with Crippen LogP contribution in [0, 0.1) is 11.7 Å². The van der Waals surface area contributed by atoms with Gasteiger partial charge in [-0.05, 0) is 50.8 Å². The Balaban J connectivity index is 2.07. The molecular formula is C20H32FN3O. The number of urea groups is 1. The minimum Gasteiger partial charge on any atom is -0.335 e. The average Bonchev–Trinajstić information content (AvgIpc) is 2.63. The van der Waals surface area contributed by atoms with E-state index < -0.39 is 0 Å². The lowest BCUT2D eigenvalue weighted by Crippen LogP contribution is -2.47. The van der Waals surface area contributed by atoms with Crippen molar-refractivity contribution in [2.45, 2.75) is 58.5 Å². The molecule has 0 saturated carbocycles. The summed E-state index contributed by atoms with van der Waals surface area (Å²) in [5.74, 6) is 0.233. The molecule has 1 aliphatic heterocycles. The van der Waals surface area contributed by atoms with E-state index in [0.717, 1.165) is 45.2 Å². The Morgan fingerprint density at radius 2 is 2.04 bits per heavy atom. The van der Waals surface area contributed by atoms with Crippen molar-refractivity contribution in [3.8, 4) is 0 Å². The maximum atomic E-state index is 14.1. The minimum atomic E-state index is -0.244. The number of benzene rings is 1. The lowest BCUT2D eigenvalue weighted by molar-refractivity contribution is 0.171. The third-order valence-corrected chi connectivity index (χ3v) is 5.00. The fraction of sp³-hybridized carbons (Fsp3) is 0.650. The van der Waals surface area contributed by atoms with E-state index >= 15 is 0 Å². The van der Waals surface area contributed by atoms with Crippen LogP contribution in [-0.4, -0.2) is 36.6 Å². The van der Waals surface area contributed by atoms with Crippen molar-refractivity contribution in [1.82, 2.24) is 15.5 Å². The van der Waals surface area contributed by atoms with Crippen LogP contribution >= 0.6 is 0 Å². The highest BCUT2D eigenvalue weighted by Gasteiger charge is 2.23. The molecule has 2 amide bonds.